The summed E-state index contributed by atoms with van der Waals surface area (Å²) >= 11 is 0. The van der Waals surface area contributed by atoms with E-state index in [-0.39, 0.29) is 17.9 Å². The Balaban J connectivity index is 1.90. The Morgan fingerprint density at radius 2 is 2.00 bits per heavy atom. The molecule has 0 spiro atoms. The van der Waals surface area contributed by atoms with Crippen LogP contribution in [0.4, 0.5) is 0 Å². The third-order valence-electron chi connectivity index (χ3n) is 4.99. The number of ether oxygens (including phenoxy) is 2. The average Bonchev–Trinajstić information content (AvgIpc) is 2.62. The molecule has 1 aromatic rings. The molecule has 0 radical (unpaired) electrons. The van der Waals surface area contributed by atoms with Gasteiger partial charge >= 0.3 is 0 Å². The maximum absolute atomic E-state index is 12.3. The van der Waals surface area contributed by atoms with Gasteiger partial charge in [0.25, 0.3) is 0 Å². The van der Waals surface area contributed by atoms with Crippen LogP contribution in [-0.2, 0) is 11.3 Å². The van der Waals surface area contributed by atoms with Gasteiger partial charge < -0.3 is 19.7 Å². The molecule has 134 valence electrons. The number of methoxy groups -OCH3 is 2. The molecule has 1 aromatic carbocycles. The van der Waals surface area contributed by atoms with Gasteiger partial charge in [-0.1, -0.05) is 6.92 Å². The standard InChI is InChI=1S/C19H30N2O3/c1-5-14(2)20-19(22)15-8-10-21(11-9-15)13-16-12-17(23-3)6-7-18(16)24-4/h6-7,12,14-15H,5,8-11,13H2,1-4H3,(H,20,22)/p+1/t14-/m1/s1. The summed E-state index contributed by atoms with van der Waals surface area (Å²) < 4.78 is 10.8. The molecular formula is C19H31N2O3+. The molecule has 0 aliphatic carbocycles. The van der Waals surface area contributed by atoms with Gasteiger partial charge in [0, 0.05) is 24.8 Å². The molecule has 0 saturated carbocycles. The predicted molar refractivity (Wildman–Crippen MR) is 94.6 cm³/mol. The molecule has 5 heteroatoms. The molecule has 5 nitrogen and oxygen atoms in total. The van der Waals surface area contributed by atoms with Crippen LogP contribution in [0.25, 0.3) is 0 Å². The van der Waals surface area contributed by atoms with Crippen LogP contribution in [-0.4, -0.2) is 39.3 Å². The summed E-state index contributed by atoms with van der Waals surface area (Å²) in [6, 6.07) is 6.19. The van der Waals surface area contributed by atoms with E-state index < -0.39 is 0 Å². The van der Waals surface area contributed by atoms with E-state index in [1.807, 2.05) is 18.2 Å². The van der Waals surface area contributed by atoms with Crippen LogP contribution in [0.5, 0.6) is 11.5 Å². The molecule has 1 saturated heterocycles. The van der Waals surface area contributed by atoms with Crippen LogP contribution in [0.1, 0.15) is 38.7 Å². The first-order valence-corrected chi connectivity index (χ1v) is 8.92. The van der Waals surface area contributed by atoms with Crippen LogP contribution >= 0.6 is 0 Å². The Hall–Kier alpha value is -1.75. The van der Waals surface area contributed by atoms with Crippen molar-refractivity contribution in [3.05, 3.63) is 23.8 Å². The summed E-state index contributed by atoms with van der Waals surface area (Å²) in [4.78, 5) is 13.8. The van der Waals surface area contributed by atoms with Crippen LogP contribution in [0, 0.1) is 5.92 Å². The van der Waals surface area contributed by atoms with Gasteiger partial charge in [-0.15, -0.1) is 0 Å². The summed E-state index contributed by atoms with van der Waals surface area (Å²) in [5.74, 6) is 2.14. The highest BCUT2D eigenvalue weighted by molar-refractivity contribution is 5.78. The number of quaternary nitrogens is 1. The highest BCUT2D eigenvalue weighted by Crippen LogP contribution is 2.23. The second-order valence-corrected chi connectivity index (χ2v) is 6.70. The Kier molecular flexibility index (Phi) is 6.91. The number of nitrogens with one attached hydrogen (secondary N) is 2. The van der Waals surface area contributed by atoms with E-state index in [2.05, 4.69) is 19.2 Å². The smallest absolute Gasteiger partial charge is 0.223 e. The monoisotopic (exact) mass is 335 g/mol. The number of carbonyl (C=O) groups excluding carboxylic acids is 1. The fourth-order valence-electron chi connectivity index (χ4n) is 3.22. The van der Waals surface area contributed by atoms with Crippen molar-refractivity contribution in [1.29, 1.82) is 0 Å². The second kappa shape index (κ2) is 8.92. The molecule has 0 unspecified atom stereocenters. The summed E-state index contributed by atoms with van der Waals surface area (Å²) in [6.45, 7) is 7.09. The normalized spacial score (nSPS) is 21.8. The lowest BCUT2D eigenvalue weighted by Gasteiger charge is -2.29. The van der Waals surface area contributed by atoms with Crippen LogP contribution in [0.2, 0.25) is 0 Å². The van der Waals surface area contributed by atoms with Gasteiger partial charge in [-0.3, -0.25) is 4.79 Å². The fourth-order valence-corrected chi connectivity index (χ4v) is 3.22. The van der Waals surface area contributed by atoms with Gasteiger partial charge in [0.2, 0.25) is 5.91 Å². The van der Waals surface area contributed by atoms with Crippen molar-refractivity contribution >= 4 is 5.91 Å². The Morgan fingerprint density at radius 3 is 2.58 bits per heavy atom. The number of carbonyl (C=O) groups is 1. The van der Waals surface area contributed by atoms with Crippen molar-refractivity contribution in [2.24, 2.45) is 5.92 Å². The van der Waals surface area contributed by atoms with Crippen molar-refractivity contribution in [3.63, 3.8) is 0 Å². The fraction of sp³-hybridized carbons (Fsp3) is 0.632. The third kappa shape index (κ3) is 4.87. The lowest BCUT2D eigenvalue weighted by atomic mass is 9.95. The van der Waals surface area contributed by atoms with Crippen LogP contribution < -0.4 is 19.7 Å². The number of piperidine rings is 1. The molecule has 1 heterocycles. The van der Waals surface area contributed by atoms with Gasteiger partial charge in [0.1, 0.15) is 18.0 Å². The molecule has 0 bridgehead atoms. The van der Waals surface area contributed by atoms with Crippen molar-refractivity contribution in [1.82, 2.24) is 5.32 Å². The number of rotatable bonds is 7. The highest BCUT2D eigenvalue weighted by atomic mass is 16.5. The predicted octanol–water partition coefficient (Wildman–Crippen LogP) is 1.41. The maximum Gasteiger partial charge on any atom is 0.223 e. The lowest BCUT2D eigenvalue weighted by Crippen LogP contribution is -3.11. The summed E-state index contributed by atoms with van der Waals surface area (Å²) in [7, 11) is 3.38. The molecule has 1 aliphatic rings. The van der Waals surface area contributed by atoms with E-state index in [0.29, 0.717) is 0 Å². The number of amides is 1. The van der Waals surface area contributed by atoms with E-state index in [9.17, 15) is 4.79 Å². The van der Waals surface area contributed by atoms with Gasteiger partial charge in [-0.25, -0.2) is 0 Å². The maximum atomic E-state index is 12.3. The van der Waals surface area contributed by atoms with Crippen molar-refractivity contribution in [2.45, 2.75) is 45.7 Å². The number of likely N-dealkylation sites (tertiary alicyclic amines) is 1. The second-order valence-electron chi connectivity index (χ2n) is 6.70. The van der Waals surface area contributed by atoms with E-state index in [0.717, 1.165) is 56.0 Å². The molecule has 24 heavy (non-hydrogen) atoms. The molecule has 1 atom stereocenters. The van der Waals surface area contributed by atoms with Gasteiger partial charge in [0.15, 0.2) is 0 Å². The minimum Gasteiger partial charge on any atom is -0.497 e. The molecule has 1 amide bonds. The number of hydrogen-bond acceptors (Lipinski definition) is 3. The topological polar surface area (TPSA) is 52.0 Å². The minimum atomic E-state index is 0.162. The van der Waals surface area contributed by atoms with Gasteiger partial charge in [0.05, 0.1) is 32.9 Å². The van der Waals surface area contributed by atoms with Crippen molar-refractivity contribution in [3.8, 4) is 11.5 Å². The zero-order valence-electron chi connectivity index (χ0n) is 15.4. The van der Waals surface area contributed by atoms with E-state index in [1.54, 1.807) is 14.2 Å². The first kappa shape index (κ1) is 18.6. The molecule has 2 rings (SSSR count). The zero-order valence-corrected chi connectivity index (χ0v) is 15.4. The Labute approximate surface area is 145 Å². The number of hydrogen-bond donors (Lipinski definition) is 2. The minimum absolute atomic E-state index is 0.162. The van der Waals surface area contributed by atoms with E-state index in [4.69, 9.17) is 9.47 Å². The SMILES string of the molecule is CC[C@@H](C)NC(=O)C1CC[NH+](Cc2cc(OC)ccc2OC)CC1. The zero-order chi connectivity index (χ0) is 17.5. The molecular weight excluding hydrogens is 304 g/mol. The summed E-state index contributed by atoms with van der Waals surface area (Å²) in [6.07, 6.45) is 2.87. The number of benzene rings is 1. The quantitative estimate of drug-likeness (QED) is 0.792. The average molecular weight is 335 g/mol. The molecule has 1 fully saturated rings. The van der Waals surface area contributed by atoms with Gasteiger partial charge in [-0.2, -0.15) is 0 Å². The Bertz CT molecular complexity index is 539. The first-order valence-electron chi connectivity index (χ1n) is 8.92. The molecule has 1 aliphatic heterocycles. The molecule has 2 N–H and O–H groups in total. The van der Waals surface area contributed by atoms with Gasteiger partial charge in [-0.05, 0) is 31.5 Å². The van der Waals surface area contributed by atoms with Crippen molar-refractivity contribution < 1.29 is 19.2 Å². The highest BCUT2D eigenvalue weighted by Gasteiger charge is 2.28. The van der Waals surface area contributed by atoms with Crippen molar-refractivity contribution in [2.75, 3.05) is 27.3 Å². The first-order chi connectivity index (χ1) is 11.6. The largest absolute Gasteiger partial charge is 0.497 e. The Morgan fingerprint density at radius 1 is 1.29 bits per heavy atom. The third-order valence-corrected chi connectivity index (χ3v) is 4.99. The van der Waals surface area contributed by atoms with Crippen LogP contribution in [0.3, 0.4) is 0 Å². The van der Waals surface area contributed by atoms with E-state index in [1.165, 1.54) is 4.90 Å². The summed E-state index contributed by atoms with van der Waals surface area (Å²) in [5, 5.41) is 3.11. The van der Waals surface area contributed by atoms with E-state index >= 15 is 0 Å². The van der Waals surface area contributed by atoms with Crippen LogP contribution in [0.15, 0.2) is 18.2 Å². The summed E-state index contributed by atoms with van der Waals surface area (Å²) in [5.41, 5.74) is 1.16. The lowest BCUT2D eigenvalue weighted by molar-refractivity contribution is -0.919. The molecule has 0 aromatic heterocycles.